The van der Waals surface area contributed by atoms with Crippen LogP contribution in [0.3, 0.4) is 0 Å². The van der Waals surface area contributed by atoms with Crippen molar-refractivity contribution < 1.29 is 4.74 Å². The van der Waals surface area contributed by atoms with Crippen LogP contribution in [0.4, 0.5) is 10.8 Å². The van der Waals surface area contributed by atoms with Gasteiger partial charge in [-0.05, 0) is 50.6 Å². The number of aromatic nitrogens is 1. The van der Waals surface area contributed by atoms with Crippen LogP contribution in [0.25, 0.3) is 11.3 Å². The summed E-state index contributed by atoms with van der Waals surface area (Å²) in [5.74, 6) is 0.992. The van der Waals surface area contributed by atoms with Gasteiger partial charge in [-0.15, -0.1) is 11.3 Å². The molecule has 134 valence electrons. The van der Waals surface area contributed by atoms with Crippen LogP contribution in [-0.4, -0.2) is 48.7 Å². The summed E-state index contributed by atoms with van der Waals surface area (Å²) in [5.41, 5.74) is 9.04. The SMILES string of the molecule is CCC1CN(CCN2CCCC2)c2cc(-c3csc(N)n3)ccc2O1. The molecule has 2 aromatic rings. The number of benzene rings is 1. The summed E-state index contributed by atoms with van der Waals surface area (Å²) < 4.78 is 6.18. The molecule has 5 nitrogen and oxygen atoms in total. The highest BCUT2D eigenvalue weighted by Crippen LogP contribution is 2.38. The van der Waals surface area contributed by atoms with E-state index < -0.39 is 0 Å². The molecule has 0 aliphatic carbocycles. The predicted octanol–water partition coefficient (Wildman–Crippen LogP) is 3.47. The zero-order valence-corrected chi connectivity index (χ0v) is 15.6. The number of rotatable bonds is 5. The molecule has 1 atom stereocenters. The fraction of sp³-hybridized carbons (Fsp3) is 0.526. The monoisotopic (exact) mass is 358 g/mol. The lowest BCUT2D eigenvalue weighted by Gasteiger charge is -2.37. The third kappa shape index (κ3) is 3.60. The van der Waals surface area contributed by atoms with Gasteiger partial charge in [0.25, 0.3) is 0 Å². The Morgan fingerprint density at radius 1 is 1.28 bits per heavy atom. The maximum absolute atomic E-state index is 6.18. The molecule has 1 aromatic heterocycles. The molecule has 0 bridgehead atoms. The van der Waals surface area contributed by atoms with Crippen molar-refractivity contribution in [2.24, 2.45) is 0 Å². The minimum absolute atomic E-state index is 0.270. The number of ether oxygens (including phenoxy) is 1. The second-order valence-electron chi connectivity index (χ2n) is 6.90. The van der Waals surface area contributed by atoms with E-state index in [1.807, 2.05) is 5.38 Å². The van der Waals surface area contributed by atoms with Crippen LogP contribution in [0.2, 0.25) is 0 Å². The summed E-state index contributed by atoms with van der Waals surface area (Å²) in [6, 6.07) is 6.38. The Labute approximate surface area is 153 Å². The molecule has 6 heteroatoms. The maximum atomic E-state index is 6.18. The molecule has 4 rings (SSSR count). The lowest BCUT2D eigenvalue weighted by molar-refractivity contribution is 0.187. The first kappa shape index (κ1) is 16.7. The maximum Gasteiger partial charge on any atom is 0.180 e. The van der Waals surface area contributed by atoms with Crippen molar-refractivity contribution in [3.05, 3.63) is 23.6 Å². The van der Waals surface area contributed by atoms with Gasteiger partial charge in [-0.1, -0.05) is 6.92 Å². The Kier molecular flexibility index (Phi) is 4.81. The molecule has 2 aliphatic heterocycles. The van der Waals surface area contributed by atoms with Gasteiger partial charge in [-0.2, -0.15) is 0 Å². The van der Waals surface area contributed by atoms with E-state index in [1.54, 1.807) is 0 Å². The van der Waals surface area contributed by atoms with Gasteiger partial charge in [0, 0.05) is 24.0 Å². The highest BCUT2D eigenvalue weighted by Gasteiger charge is 2.26. The van der Waals surface area contributed by atoms with E-state index in [-0.39, 0.29) is 6.10 Å². The number of nitrogens with two attached hydrogens (primary N) is 1. The van der Waals surface area contributed by atoms with E-state index in [1.165, 1.54) is 43.0 Å². The zero-order valence-electron chi connectivity index (χ0n) is 14.8. The van der Waals surface area contributed by atoms with Crippen LogP contribution < -0.4 is 15.4 Å². The van der Waals surface area contributed by atoms with Crippen molar-refractivity contribution in [3.8, 4) is 17.0 Å². The van der Waals surface area contributed by atoms with Crippen molar-refractivity contribution in [2.75, 3.05) is 43.4 Å². The van der Waals surface area contributed by atoms with Gasteiger partial charge in [0.1, 0.15) is 11.9 Å². The number of fused-ring (bicyclic) bond motifs is 1. The van der Waals surface area contributed by atoms with E-state index in [4.69, 9.17) is 10.5 Å². The molecule has 2 aliphatic rings. The first-order valence-electron chi connectivity index (χ1n) is 9.22. The summed E-state index contributed by atoms with van der Waals surface area (Å²) in [7, 11) is 0. The van der Waals surface area contributed by atoms with Crippen LogP contribution in [-0.2, 0) is 0 Å². The standard InChI is InChI=1S/C19H26N4OS/c1-2-15-12-23(10-9-22-7-3-4-8-22)17-11-14(5-6-18(17)24-15)16-13-25-19(20)21-16/h5-6,11,13,15H,2-4,7-10,12H2,1H3,(H2,20,21). The van der Waals surface area contributed by atoms with Crippen LogP contribution in [0, 0.1) is 0 Å². The Morgan fingerprint density at radius 3 is 2.84 bits per heavy atom. The van der Waals surface area contributed by atoms with Gasteiger partial charge in [-0.25, -0.2) is 4.98 Å². The summed E-state index contributed by atoms with van der Waals surface area (Å²) in [4.78, 5) is 9.48. The molecule has 2 N–H and O–H groups in total. The largest absolute Gasteiger partial charge is 0.486 e. The summed E-state index contributed by atoms with van der Waals surface area (Å²) >= 11 is 1.48. The first-order chi connectivity index (χ1) is 12.2. The minimum atomic E-state index is 0.270. The fourth-order valence-electron chi connectivity index (χ4n) is 3.70. The van der Waals surface area contributed by atoms with Crippen molar-refractivity contribution >= 4 is 22.2 Å². The molecule has 0 radical (unpaired) electrons. The quantitative estimate of drug-likeness (QED) is 0.887. The van der Waals surface area contributed by atoms with Crippen molar-refractivity contribution in [1.82, 2.24) is 9.88 Å². The summed E-state index contributed by atoms with van der Waals surface area (Å²) in [6.07, 6.45) is 3.98. The Morgan fingerprint density at radius 2 is 2.12 bits per heavy atom. The van der Waals surface area contributed by atoms with Gasteiger partial charge < -0.3 is 20.3 Å². The van der Waals surface area contributed by atoms with E-state index >= 15 is 0 Å². The summed E-state index contributed by atoms with van der Waals surface area (Å²) in [5, 5.41) is 2.63. The highest BCUT2D eigenvalue weighted by atomic mass is 32.1. The fourth-order valence-corrected chi connectivity index (χ4v) is 4.27. The second kappa shape index (κ2) is 7.22. The van der Waals surface area contributed by atoms with Crippen molar-refractivity contribution in [2.45, 2.75) is 32.3 Å². The number of thiazole rings is 1. The molecule has 0 spiro atoms. The summed E-state index contributed by atoms with van der Waals surface area (Å²) in [6.45, 7) is 7.82. The topological polar surface area (TPSA) is 54.6 Å². The Balaban J connectivity index is 1.58. The van der Waals surface area contributed by atoms with E-state index in [0.29, 0.717) is 5.13 Å². The molecular formula is C19H26N4OS. The lowest BCUT2D eigenvalue weighted by Crippen LogP contribution is -2.43. The molecular weight excluding hydrogens is 332 g/mol. The Hall–Kier alpha value is -1.79. The smallest absolute Gasteiger partial charge is 0.180 e. The number of anilines is 2. The highest BCUT2D eigenvalue weighted by molar-refractivity contribution is 7.13. The minimum Gasteiger partial charge on any atom is -0.486 e. The first-order valence-corrected chi connectivity index (χ1v) is 10.1. The molecule has 25 heavy (non-hydrogen) atoms. The van der Waals surface area contributed by atoms with Gasteiger partial charge in [-0.3, -0.25) is 0 Å². The van der Waals surface area contributed by atoms with E-state index in [0.717, 1.165) is 43.1 Å². The van der Waals surface area contributed by atoms with Gasteiger partial charge in [0.05, 0.1) is 17.9 Å². The number of likely N-dealkylation sites (tertiary alicyclic amines) is 1. The molecule has 1 unspecified atom stereocenters. The van der Waals surface area contributed by atoms with Crippen LogP contribution in [0.15, 0.2) is 23.6 Å². The normalized spacial score (nSPS) is 20.5. The molecule has 3 heterocycles. The number of hydrogen-bond donors (Lipinski definition) is 1. The second-order valence-corrected chi connectivity index (χ2v) is 7.79. The molecule has 1 aromatic carbocycles. The zero-order chi connectivity index (χ0) is 17.2. The third-order valence-corrected chi connectivity index (χ3v) is 5.85. The average molecular weight is 359 g/mol. The van der Waals surface area contributed by atoms with Crippen LogP contribution >= 0.6 is 11.3 Å². The predicted molar refractivity (Wildman–Crippen MR) is 105 cm³/mol. The molecule has 0 amide bonds. The average Bonchev–Trinajstić information content (AvgIpc) is 3.30. The Bertz CT molecular complexity index is 726. The molecule has 1 fully saturated rings. The van der Waals surface area contributed by atoms with E-state index in [2.05, 4.69) is 39.9 Å². The van der Waals surface area contributed by atoms with Crippen molar-refractivity contribution in [1.29, 1.82) is 0 Å². The third-order valence-electron chi connectivity index (χ3n) is 5.18. The van der Waals surface area contributed by atoms with Gasteiger partial charge in [0.2, 0.25) is 0 Å². The van der Waals surface area contributed by atoms with Crippen LogP contribution in [0.5, 0.6) is 5.75 Å². The van der Waals surface area contributed by atoms with Gasteiger partial charge in [0.15, 0.2) is 5.13 Å². The number of nitrogens with zero attached hydrogens (tertiary/aromatic N) is 3. The number of nitrogen functional groups attached to an aromatic ring is 1. The van der Waals surface area contributed by atoms with Gasteiger partial charge >= 0.3 is 0 Å². The van der Waals surface area contributed by atoms with Crippen LogP contribution in [0.1, 0.15) is 26.2 Å². The number of hydrogen-bond acceptors (Lipinski definition) is 6. The molecule has 1 saturated heterocycles. The van der Waals surface area contributed by atoms with E-state index in [9.17, 15) is 0 Å². The molecule has 0 saturated carbocycles. The lowest BCUT2D eigenvalue weighted by atomic mass is 10.1. The van der Waals surface area contributed by atoms with Crippen molar-refractivity contribution in [3.63, 3.8) is 0 Å².